The van der Waals surface area contributed by atoms with Gasteiger partial charge in [0.1, 0.15) is 4.49 Å². The standard InChI is InChI=1S/C14H14Cl2INO/c1-14(2)10(7-11(15)16)12(14)13(19)18-9-5-3-8(17)4-6-9/h3-7,10,12H,1-2H3,(H,18,19). The Bertz CT molecular complexity index is 521. The predicted molar refractivity (Wildman–Crippen MR) is 88.3 cm³/mol. The van der Waals surface area contributed by atoms with Crippen molar-refractivity contribution in [2.24, 2.45) is 17.3 Å². The van der Waals surface area contributed by atoms with Crippen LogP contribution in [-0.2, 0) is 4.79 Å². The van der Waals surface area contributed by atoms with Crippen molar-refractivity contribution in [1.29, 1.82) is 0 Å². The largest absolute Gasteiger partial charge is 0.326 e. The van der Waals surface area contributed by atoms with Crippen LogP contribution in [-0.4, -0.2) is 5.91 Å². The highest BCUT2D eigenvalue weighted by atomic mass is 127. The molecule has 1 aliphatic rings. The molecule has 1 N–H and O–H groups in total. The van der Waals surface area contributed by atoms with E-state index in [0.29, 0.717) is 0 Å². The maximum atomic E-state index is 12.2. The van der Waals surface area contributed by atoms with Gasteiger partial charge in [0.15, 0.2) is 0 Å². The number of nitrogens with one attached hydrogen (secondary N) is 1. The summed E-state index contributed by atoms with van der Waals surface area (Å²) in [5.74, 6) is 0.0302. The van der Waals surface area contributed by atoms with Gasteiger partial charge < -0.3 is 5.32 Å². The van der Waals surface area contributed by atoms with Crippen molar-refractivity contribution in [3.63, 3.8) is 0 Å². The molecule has 0 bridgehead atoms. The number of anilines is 1. The van der Waals surface area contributed by atoms with Crippen LogP contribution in [0.25, 0.3) is 0 Å². The van der Waals surface area contributed by atoms with Gasteiger partial charge in [0.2, 0.25) is 5.91 Å². The first-order valence-electron chi connectivity index (χ1n) is 5.91. The Labute approximate surface area is 136 Å². The highest BCUT2D eigenvalue weighted by Crippen LogP contribution is 2.59. The lowest BCUT2D eigenvalue weighted by atomic mass is 10.1. The summed E-state index contributed by atoms with van der Waals surface area (Å²) in [6, 6.07) is 7.71. The zero-order chi connectivity index (χ0) is 14.2. The zero-order valence-corrected chi connectivity index (χ0v) is 14.3. The number of hydrogen-bond acceptors (Lipinski definition) is 1. The van der Waals surface area contributed by atoms with Crippen LogP contribution in [0.1, 0.15) is 13.8 Å². The highest BCUT2D eigenvalue weighted by molar-refractivity contribution is 14.1. The van der Waals surface area contributed by atoms with Crippen molar-refractivity contribution in [3.8, 4) is 0 Å². The number of amides is 1. The molecule has 19 heavy (non-hydrogen) atoms. The minimum absolute atomic E-state index is 0.0158. The van der Waals surface area contributed by atoms with Crippen LogP contribution < -0.4 is 5.32 Å². The molecule has 2 rings (SSSR count). The van der Waals surface area contributed by atoms with Gasteiger partial charge in [-0.25, -0.2) is 0 Å². The molecule has 0 heterocycles. The third-order valence-electron chi connectivity index (χ3n) is 3.61. The van der Waals surface area contributed by atoms with Crippen LogP contribution in [0.5, 0.6) is 0 Å². The van der Waals surface area contributed by atoms with Gasteiger partial charge in [0, 0.05) is 9.26 Å². The van der Waals surface area contributed by atoms with E-state index in [1.165, 1.54) is 0 Å². The van der Waals surface area contributed by atoms with Gasteiger partial charge in [-0.15, -0.1) is 0 Å². The average molecular weight is 410 g/mol. The van der Waals surface area contributed by atoms with E-state index in [0.717, 1.165) is 9.26 Å². The number of rotatable bonds is 3. The summed E-state index contributed by atoms with van der Waals surface area (Å²) >= 11 is 13.6. The molecule has 0 saturated heterocycles. The smallest absolute Gasteiger partial charge is 0.228 e. The molecule has 1 aromatic rings. The first-order chi connectivity index (χ1) is 8.82. The van der Waals surface area contributed by atoms with Gasteiger partial charge in [-0.1, -0.05) is 37.0 Å². The van der Waals surface area contributed by atoms with Crippen molar-refractivity contribution < 1.29 is 4.79 Å². The Kier molecular flexibility index (Phi) is 4.48. The van der Waals surface area contributed by atoms with E-state index in [2.05, 4.69) is 27.9 Å². The van der Waals surface area contributed by atoms with Crippen LogP contribution in [0, 0.1) is 20.8 Å². The van der Waals surface area contributed by atoms with Crippen LogP contribution in [0.2, 0.25) is 0 Å². The number of allylic oxidation sites excluding steroid dienone is 1. The maximum Gasteiger partial charge on any atom is 0.228 e. The monoisotopic (exact) mass is 409 g/mol. The molecule has 2 atom stereocenters. The third kappa shape index (κ3) is 3.44. The van der Waals surface area contributed by atoms with E-state index in [1.54, 1.807) is 6.08 Å². The molecule has 102 valence electrons. The highest BCUT2D eigenvalue weighted by Gasteiger charge is 2.60. The molecule has 1 aromatic carbocycles. The van der Waals surface area contributed by atoms with Crippen LogP contribution in [0.4, 0.5) is 5.69 Å². The summed E-state index contributed by atoms with van der Waals surface area (Å²) in [4.78, 5) is 12.2. The lowest BCUT2D eigenvalue weighted by Crippen LogP contribution is -2.16. The molecule has 2 nitrogen and oxygen atoms in total. The predicted octanol–water partition coefficient (Wildman–Crippen LogP) is 4.82. The quantitative estimate of drug-likeness (QED) is 0.712. The van der Waals surface area contributed by atoms with Gasteiger partial charge in [-0.05, 0) is 64.3 Å². The van der Waals surface area contributed by atoms with Gasteiger partial charge in [0.05, 0.1) is 5.92 Å². The minimum Gasteiger partial charge on any atom is -0.326 e. The molecule has 1 amide bonds. The summed E-state index contributed by atoms with van der Waals surface area (Å²) in [6.07, 6.45) is 1.75. The van der Waals surface area contributed by atoms with Crippen molar-refractivity contribution in [1.82, 2.24) is 0 Å². The second kappa shape index (κ2) is 5.62. The molecule has 0 radical (unpaired) electrons. The van der Waals surface area contributed by atoms with Gasteiger partial charge >= 0.3 is 0 Å². The minimum atomic E-state index is -0.0949. The molecular weight excluding hydrogens is 396 g/mol. The van der Waals surface area contributed by atoms with Crippen molar-refractivity contribution in [3.05, 3.63) is 38.4 Å². The summed E-state index contributed by atoms with van der Waals surface area (Å²) < 4.78 is 1.36. The Balaban J connectivity index is 2.05. The van der Waals surface area contributed by atoms with Crippen molar-refractivity contribution in [2.75, 3.05) is 5.32 Å². The fraction of sp³-hybridized carbons (Fsp3) is 0.357. The van der Waals surface area contributed by atoms with Gasteiger partial charge in [-0.2, -0.15) is 0 Å². The Morgan fingerprint density at radius 1 is 1.32 bits per heavy atom. The number of benzene rings is 1. The van der Waals surface area contributed by atoms with E-state index in [-0.39, 0.29) is 27.6 Å². The molecule has 0 aliphatic heterocycles. The number of carbonyl (C=O) groups is 1. The second-order valence-corrected chi connectivity index (χ2v) is 7.53. The van der Waals surface area contributed by atoms with Gasteiger partial charge in [-0.3, -0.25) is 4.79 Å². The summed E-state index contributed by atoms with van der Waals surface area (Å²) in [6.45, 7) is 4.09. The van der Waals surface area contributed by atoms with E-state index < -0.39 is 0 Å². The molecule has 1 saturated carbocycles. The number of halogens is 3. The molecule has 1 aliphatic carbocycles. The first kappa shape index (κ1) is 15.1. The molecule has 5 heteroatoms. The zero-order valence-electron chi connectivity index (χ0n) is 10.6. The third-order valence-corrected chi connectivity index (χ3v) is 4.58. The van der Waals surface area contributed by atoms with Crippen LogP contribution in [0.3, 0.4) is 0 Å². The topological polar surface area (TPSA) is 29.1 Å². The first-order valence-corrected chi connectivity index (χ1v) is 7.75. The van der Waals surface area contributed by atoms with E-state index in [4.69, 9.17) is 23.2 Å². The van der Waals surface area contributed by atoms with E-state index in [1.807, 2.05) is 38.1 Å². The van der Waals surface area contributed by atoms with Gasteiger partial charge in [0.25, 0.3) is 0 Å². The van der Waals surface area contributed by atoms with Crippen LogP contribution >= 0.6 is 45.8 Å². The lowest BCUT2D eigenvalue weighted by Gasteiger charge is -2.06. The fourth-order valence-corrected chi connectivity index (χ4v) is 3.01. The molecule has 1 fully saturated rings. The van der Waals surface area contributed by atoms with Crippen molar-refractivity contribution >= 4 is 57.4 Å². The van der Waals surface area contributed by atoms with Crippen molar-refractivity contribution in [2.45, 2.75) is 13.8 Å². The molecular formula is C14H14Cl2INO. The van der Waals surface area contributed by atoms with E-state index in [9.17, 15) is 4.79 Å². The summed E-state index contributed by atoms with van der Waals surface area (Å²) in [7, 11) is 0. The normalized spacial score (nSPS) is 23.6. The van der Waals surface area contributed by atoms with E-state index >= 15 is 0 Å². The second-order valence-electron chi connectivity index (χ2n) is 5.28. The summed E-state index contributed by atoms with van der Waals surface area (Å²) in [5, 5.41) is 2.93. The Hall–Kier alpha value is -0.260. The lowest BCUT2D eigenvalue weighted by molar-refractivity contribution is -0.118. The maximum absolute atomic E-state index is 12.2. The number of hydrogen-bond donors (Lipinski definition) is 1. The van der Waals surface area contributed by atoms with Crippen LogP contribution in [0.15, 0.2) is 34.8 Å². The fourth-order valence-electron chi connectivity index (χ4n) is 2.38. The molecule has 0 aromatic heterocycles. The number of carbonyl (C=O) groups excluding carboxylic acids is 1. The average Bonchev–Trinajstić information content (AvgIpc) is 2.83. The SMILES string of the molecule is CC1(C)C(C=C(Cl)Cl)C1C(=O)Nc1ccc(I)cc1. The molecule has 2 unspecified atom stereocenters. The molecule has 0 spiro atoms. The Morgan fingerprint density at radius 3 is 2.42 bits per heavy atom. The summed E-state index contributed by atoms with van der Waals surface area (Å²) in [5.41, 5.74) is 0.718. The Morgan fingerprint density at radius 2 is 1.89 bits per heavy atom.